The molecule has 3 aliphatic heterocycles. The van der Waals surface area contributed by atoms with Crippen LogP contribution in [0.4, 0.5) is 0 Å². The summed E-state index contributed by atoms with van der Waals surface area (Å²) >= 11 is 2.08. The van der Waals surface area contributed by atoms with Crippen molar-refractivity contribution in [3.63, 3.8) is 0 Å². The molecule has 21 heavy (non-hydrogen) atoms. The van der Waals surface area contributed by atoms with Gasteiger partial charge in [-0.15, -0.1) is 0 Å². The van der Waals surface area contributed by atoms with Crippen molar-refractivity contribution in [2.75, 3.05) is 57.5 Å². The standard InChI is InChI=1S/C16H30N2O2S/c1(6-18-7-10-19-11-8-18)5-17-15-2-9-20-16(14-15)3-12-21-13-4-16/h15,17H,1-14H2. The minimum atomic E-state index is 0.214. The Morgan fingerprint density at radius 2 is 1.95 bits per heavy atom. The van der Waals surface area contributed by atoms with Crippen molar-refractivity contribution < 1.29 is 9.47 Å². The van der Waals surface area contributed by atoms with Gasteiger partial charge in [0, 0.05) is 25.7 Å². The van der Waals surface area contributed by atoms with Gasteiger partial charge < -0.3 is 14.8 Å². The van der Waals surface area contributed by atoms with Gasteiger partial charge in [0.2, 0.25) is 0 Å². The van der Waals surface area contributed by atoms with Crippen molar-refractivity contribution in [3.05, 3.63) is 0 Å². The zero-order valence-electron chi connectivity index (χ0n) is 13.1. The van der Waals surface area contributed by atoms with E-state index in [0.29, 0.717) is 6.04 Å². The number of rotatable bonds is 5. The number of hydrogen-bond acceptors (Lipinski definition) is 5. The molecule has 3 rings (SSSR count). The lowest BCUT2D eigenvalue weighted by atomic mass is 9.85. The maximum Gasteiger partial charge on any atom is 0.0713 e. The van der Waals surface area contributed by atoms with Gasteiger partial charge in [-0.05, 0) is 56.7 Å². The normalized spacial score (nSPS) is 30.6. The molecule has 1 N–H and O–H groups in total. The van der Waals surface area contributed by atoms with Crippen molar-refractivity contribution in [3.8, 4) is 0 Å². The topological polar surface area (TPSA) is 33.7 Å². The van der Waals surface area contributed by atoms with E-state index in [1.54, 1.807) is 0 Å². The molecule has 0 aromatic carbocycles. The van der Waals surface area contributed by atoms with Crippen LogP contribution in [0.15, 0.2) is 0 Å². The van der Waals surface area contributed by atoms with Gasteiger partial charge in [0.1, 0.15) is 0 Å². The van der Waals surface area contributed by atoms with Gasteiger partial charge in [0.25, 0.3) is 0 Å². The van der Waals surface area contributed by atoms with Gasteiger partial charge >= 0.3 is 0 Å². The van der Waals surface area contributed by atoms with E-state index in [9.17, 15) is 0 Å². The fourth-order valence-electron chi connectivity index (χ4n) is 3.73. The summed E-state index contributed by atoms with van der Waals surface area (Å²) in [6.45, 7) is 7.35. The lowest BCUT2D eigenvalue weighted by molar-refractivity contribution is -0.0931. The van der Waals surface area contributed by atoms with Gasteiger partial charge in [-0.3, -0.25) is 4.90 Å². The molecule has 1 unspecified atom stereocenters. The Balaban J connectivity index is 1.33. The van der Waals surface area contributed by atoms with Gasteiger partial charge in [-0.1, -0.05) is 0 Å². The number of nitrogens with one attached hydrogen (secondary N) is 1. The number of morpholine rings is 1. The fraction of sp³-hybridized carbons (Fsp3) is 1.00. The Morgan fingerprint density at radius 3 is 2.76 bits per heavy atom. The minimum absolute atomic E-state index is 0.214. The molecule has 122 valence electrons. The number of ether oxygens (including phenoxy) is 2. The molecule has 3 aliphatic rings. The summed E-state index contributed by atoms with van der Waals surface area (Å²) in [5.41, 5.74) is 0.214. The smallest absolute Gasteiger partial charge is 0.0713 e. The largest absolute Gasteiger partial charge is 0.379 e. The Kier molecular flexibility index (Phi) is 6.24. The van der Waals surface area contributed by atoms with Crippen LogP contribution in [0.25, 0.3) is 0 Å². The quantitative estimate of drug-likeness (QED) is 0.782. The highest BCUT2D eigenvalue weighted by molar-refractivity contribution is 7.99. The maximum absolute atomic E-state index is 6.16. The van der Waals surface area contributed by atoms with E-state index >= 15 is 0 Å². The zero-order chi connectivity index (χ0) is 14.4. The van der Waals surface area contributed by atoms with E-state index in [0.717, 1.165) is 39.5 Å². The molecule has 0 saturated carbocycles. The second kappa shape index (κ2) is 8.16. The van der Waals surface area contributed by atoms with E-state index in [1.807, 2.05) is 0 Å². The van der Waals surface area contributed by atoms with Crippen LogP contribution in [0.1, 0.15) is 32.1 Å². The van der Waals surface area contributed by atoms with Gasteiger partial charge in [-0.25, -0.2) is 0 Å². The van der Waals surface area contributed by atoms with Crippen LogP contribution in [0.5, 0.6) is 0 Å². The first kappa shape index (κ1) is 16.1. The molecule has 1 spiro atoms. The first-order chi connectivity index (χ1) is 10.4. The summed E-state index contributed by atoms with van der Waals surface area (Å²) in [5, 5.41) is 3.79. The number of hydrogen-bond donors (Lipinski definition) is 1. The van der Waals surface area contributed by atoms with Gasteiger partial charge in [0.15, 0.2) is 0 Å². The molecule has 1 atom stereocenters. The van der Waals surface area contributed by atoms with Crippen molar-refractivity contribution in [2.45, 2.75) is 43.7 Å². The summed E-state index contributed by atoms with van der Waals surface area (Å²) in [5.74, 6) is 2.56. The average molecular weight is 314 g/mol. The third-order valence-corrected chi connectivity index (χ3v) is 6.07. The zero-order valence-corrected chi connectivity index (χ0v) is 14.0. The Labute approximate surface area is 133 Å². The molecule has 0 bridgehead atoms. The monoisotopic (exact) mass is 314 g/mol. The average Bonchev–Trinajstić information content (AvgIpc) is 2.54. The lowest BCUT2D eigenvalue weighted by Crippen LogP contribution is -2.49. The minimum Gasteiger partial charge on any atom is -0.379 e. The van der Waals surface area contributed by atoms with Crippen LogP contribution < -0.4 is 5.32 Å². The molecule has 0 aromatic rings. The molecule has 0 aliphatic carbocycles. The summed E-state index contributed by atoms with van der Waals surface area (Å²) in [4.78, 5) is 2.52. The highest BCUT2D eigenvalue weighted by Gasteiger charge is 2.38. The Bertz CT molecular complexity index is 299. The molecule has 3 heterocycles. The third kappa shape index (κ3) is 4.83. The van der Waals surface area contributed by atoms with E-state index in [4.69, 9.17) is 9.47 Å². The van der Waals surface area contributed by atoms with E-state index in [-0.39, 0.29) is 5.60 Å². The van der Waals surface area contributed by atoms with E-state index in [2.05, 4.69) is 22.0 Å². The second-order valence-electron chi connectivity index (χ2n) is 6.60. The first-order valence-electron chi connectivity index (χ1n) is 8.62. The molecule has 5 heteroatoms. The molecule has 3 saturated heterocycles. The van der Waals surface area contributed by atoms with Crippen molar-refractivity contribution in [2.24, 2.45) is 0 Å². The Hall–Kier alpha value is 0.190. The van der Waals surface area contributed by atoms with Crippen LogP contribution in [0, 0.1) is 0 Å². The van der Waals surface area contributed by atoms with Crippen LogP contribution in [-0.2, 0) is 9.47 Å². The highest BCUT2D eigenvalue weighted by Crippen LogP contribution is 2.37. The predicted molar refractivity (Wildman–Crippen MR) is 88.1 cm³/mol. The highest BCUT2D eigenvalue weighted by atomic mass is 32.2. The van der Waals surface area contributed by atoms with Crippen molar-refractivity contribution >= 4 is 11.8 Å². The molecule has 0 amide bonds. The van der Waals surface area contributed by atoms with Crippen LogP contribution in [-0.4, -0.2) is 74.0 Å². The predicted octanol–water partition coefficient (Wildman–Crippen LogP) is 1.74. The van der Waals surface area contributed by atoms with Gasteiger partial charge in [-0.2, -0.15) is 11.8 Å². The molecule has 3 fully saturated rings. The SMILES string of the molecule is C(CNC1CCOC2(CCSCC2)C1)CN1CCOCC1. The lowest BCUT2D eigenvalue weighted by Gasteiger charge is -2.43. The van der Waals surface area contributed by atoms with Crippen LogP contribution in [0.3, 0.4) is 0 Å². The van der Waals surface area contributed by atoms with E-state index < -0.39 is 0 Å². The van der Waals surface area contributed by atoms with Crippen LogP contribution in [0.2, 0.25) is 0 Å². The summed E-state index contributed by atoms with van der Waals surface area (Å²) in [7, 11) is 0. The number of nitrogens with zero attached hydrogens (tertiary/aromatic N) is 1. The molecule has 0 aromatic heterocycles. The molecular formula is C16H30N2O2S. The van der Waals surface area contributed by atoms with Crippen molar-refractivity contribution in [1.29, 1.82) is 0 Å². The fourth-order valence-corrected chi connectivity index (χ4v) is 4.96. The molecule has 4 nitrogen and oxygen atoms in total. The third-order valence-electron chi connectivity index (χ3n) is 5.08. The second-order valence-corrected chi connectivity index (χ2v) is 7.82. The maximum atomic E-state index is 6.16. The van der Waals surface area contributed by atoms with Crippen molar-refractivity contribution in [1.82, 2.24) is 10.2 Å². The summed E-state index contributed by atoms with van der Waals surface area (Å²) in [6.07, 6.45) is 6.17. The summed E-state index contributed by atoms with van der Waals surface area (Å²) < 4.78 is 11.6. The Morgan fingerprint density at radius 1 is 1.14 bits per heavy atom. The van der Waals surface area contributed by atoms with Crippen LogP contribution >= 0.6 is 11.8 Å². The summed E-state index contributed by atoms with van der Waals surface area (Å²) in [6, 6.07) is 0.673. The van der Waals surface area contributed by atoms with E-state index in [1.165, 1.54) is 50.2 Å². The first-order valence-corrected chi connectivity index (χ1v) is 9.77. The van der Waals surface area contributed by atoms with Gasteiger partial charge in [0.05, 0.1) is 18.8 Å². The number of thioether (sulfide) groups is 1. The molecule has 0 radical (unpaired) electrons. The molecular weight excluding hydrogens is 284 g/mol.